The molecule has 0 saturated heterocycles. The minimum Gasteiger partial charge on any atom is -0.456 e. The molecular formula is C47H29N3O2. The zero-order valence-corrected chi connectivity index (χ0v) is 28.0. The largest absolute Gasteiger partial charge is 0.456 e. The Balaban J connectivity index is 1.23. The van der Waals surface area contributed by atoms with Gasteiger partial charge in [-0.25, -0.2) is 15.0 Å². The highest BCUT2D eigenvalue weighted by Gasteiger charge is 2.23. The van der Waals surface area contributed by atoms with E-state index < -0.39 is 0 Å². The summed E-state index contributed by atoms with van der Waals surface area (Å²) in [5, 5.41) is 8.77. The lowest BCUT2D eigenvalue weighted by atomic mass is 9.94. The first-order valence-corrected chi connectivity index (χ1v) is 17.6. The third-order valence-corrected chi connectivity index (χ3v) is 10.4. The lowest BCUT2D eigenvalue weighted by Gasteiger charge is -2.16. The molecular weight excluding hydrogens is 639 g/mol. The van der Waals surface area contributed by atoms with Crippen molar-refractivity contribution in [2.75, 3.05) is 0 Å². The fourth-order valence-electron chi connectivity index (χ4n) is 8.01. The van der Waals surface area contributed by atoms with Gasteiger partial charge in [0.05, 0.1) is 0 Å². The van der Waals surface area contributed by atoms with Crippen LogP contribution in [0.15, 0.2) is 167 Å². The summed E-state index contributed by atoms with van der Waals surface area (Å²) in [6.07, 6.45) is 9.35. The van der Waals surface area contributed by atoms with E-state index >= 15 is 0 Å². The van der Waals surface area contributed by atoms with Crippen LogP contribution in [0.25, 0.3) is 99.3 Å². The predicted molar refractivity (Wildman–Crippen MR) is 211 cm³/mol. The van der Waals surface area contributed by atoms with Gasteiger partial charge < -0.3 is 8.83 Å². The molecule has 0 N–H and O–H groups in total. The Morgan fingerprint density at radius 1 is 0.462 bits per heavy atom. The zero-order chi connectivity index (χ0) is 34.2. The van der Waals surface area contributed by atoms with E-state index in [2.05, 4.69) is 127 Å². The molecule has 244 valence electrons. The van der Waals surface area contributed by atoms with Crippen molar-refractivity contribution in [1.82, 2.24) is 15.0 Å². The number of fused-ring (bicyclic) bond motifs is 9. The first-order valence-electron chi connectivity index (χ1n) is 17.6. The molecule has 3 heterocycles. The SMILES string of the molecule is C1=CCC(c2nc(-c3cc4ccccc4c4ccccc34)nc(-c3cc(-c4cccc5oc6ccccc6c45)cc4oc5ccccc5c34)n2)C=C1. The van der Waals surface area contributed by atoms with E-state index in [9.17, 15) is 0 Å². The maximum atomic E-state index is 6.61. The van der Waals surface area contributed by atoms with Crippen LogP contribution in [0, 0.1) is 0 Å². The molecule has 11 rings (SSSR count). The minimum atomic E-state index is 0.0167. The van der Waals surface area contributed by atoms with Crippen molar-refractivity contribution in [3.05, 3.63) is 164 Å². The Bertz CT molecular complexity index is 3130. The van der Waals surface area contributed by atoms with E-state index in [4.69, 9.17) is 23.8 Å². The quantitative estimate of drug-likeness (QED) is 0.175. The summed E-state index contributed by atoms with van der Waals surface area (Å²) >= 11 is 0. The van der Waals surface area contributed by atoms with Gasteiger partial charge in [0.2, 0.25) is 0 Å². The average Bonchev–Trinajstić information content (AvgIpc) is 3.79. The van der Waals surface area contributed by atoms with Crippen molar-refractivity contribution >= 4 is 65.4 Å². The molecule has 0 spiro atoms. The fourth-order valence-corrected chi connectivity index (χ4v) is 8.01. The van der Waals surface area contributed by atoms with Crippen molar-refractivity contribution in [1.29, 1.82) is 0 Å². The van der Waals surface area contributed by atoms with Crippen LogP contribution in [0.3, 0.4) is 0 Å². The first kappa shape index (κ1) is 28.9. The van der Waals surface area contributed by atoms with Gasteiger partial charge in [-0.1, -0.05) is 121 Å². The van der Waals surface area contributed by atoms with Gasteiger partial charge in [0.1, 0.15) is 28.2 Å². The molecule has 1 atom stereocenters. The average molecular weight is 668 g/mol. The summed E-state index contributed by atoms with van der Waals surface area (Å²) < 4.78 is 12.9. The number of aromatic nitrogens is 3. The summed E-state index contributed by atoms with van der Waals surface area (Å²) in [4.78, 5) is 15.9. The molecule has 0 radical (unpaired) electrons. The second-order valence-corrected chi connectivity index (χ2v) is 13.5. The van der Waals surface area contributed by atoms with Gasteiger partial charge in [-0.2, -0.15) is 0 Å². The standard InChI is InChI=1S/C47H29N3O2/c1-2-13-28(14-3-1)45-48-46(37-25-29-15-4-5-16-31(29)33-17-6-7-18-34(33)37)50-47(49-45)38-26-30(27-42-44(38)36-20-9-11-23-40(36)52-42)32-21-12-24-41-43(32)35-19-8-10-22-39(35)51-41/h1-13,15-28H,14H2. The van der Waals surface area contributed by atoms with E-state index in [0.29, 0.717) is 11.6 Å². The van der Waals surface area contributed by atoms with Crippen LogP contribution in [-0.2, 0) is 0 Å². The van der Waals surface area contributed by atoms with Gasteiger partial charge >= 0.3 is 0 Å². The number of rotatable bonds is 4. The maximum Gasteiger partial charge on any atom is 0.164 e. The summed E-state index contributed by atoms with van der Waals surface area (Å²) in [6.45, 7) is 0. The Kier molecular flexibility index (Phi) is 6.31. The molecule has 0 bridgehead atoms. The normalized spacial score (nSPS) is 14.5. The van der Waals surface area contributed by atoms with E-state index in [0.717, 1.165) is 89.1 Å². The Morgan fingerprint density at radius 2 is 1.10 bits per heavy atom. The monoisotopic (exact) mass is 667 g/mol. The minimum absolute atomic E-state index is 0.0167. The molecule has 1 aliphatic carbocycles. The van der Waals surface area contributed by atoms with Crippen LogP contribution in [0.4, 0.5) is 0 Å². The van der Waals surface area contributed by atoms with E-state index in [1.165, 1.54) is 10.8 Å². The van der Waals surface area contributed by atoms with Gasteiger partial charge in [0, 0.05) is 38.6 Å². The third-order valence-electron chi connectivity index (χ3n) is 10.4. The molecule has 0 saturated carbocycles. The van der Waals surface area contributed by atoms with E-state index in [1.807, 2.05) is 30.3 Å². The highest BCUT2D eigenvalue weighted by atomic mass is 16.3. The summed E-state index contributed by atoms with van der Waals surface area (Å²) in [6, 6.07) is 46.3. The van der Waals surface area contributed by atoms with E-state index in [1.54, 1.807) is 0 Å². The van der Waals surface area contributed by atoms with Crippen molar-refractivity contribution in [2.45, 2.75) is 12.3 Å². The second kappa shape index (κ2) is 11.3. The van der Waals surface area contributed by atoms with Gasteiger partial charge in [-0.3, -0.25) is 0 Å². The molecule has 0 aliphatic heterocycles. The number of furan rings is 2. The summed E-state index contributed by atoms with van der Waals surface area (Å²) in [5.74, 6) is 2.03. The van der Waals surface area contributed by atoms with Crippen LogP contribution in [0.5, 0.6) is 0 Å². The van der Waals surface area contributed by atoms with Gasteiger partial charge in [-0.15, -0.1) is 0 Å². The lowest BCUT2D eigenvalue weighted by Crippen LogP contribution is -2.08. The van der Waals surface area contributed by atoms with Crippen molar-refractivity contribution in [3.8, 4) is 33.9 Å². The number of benzene rings is 7. The molecule has 7 aromatic carbocycles. The summed E-state index contributed by atoms with van der Waals surface area (Å²) in [5.41, 5.74) is 7.23. The Morgan fingerprint density at radius 3 is 1.87 bits per heavy atom. The predicted octanol–water partition coefficient (Wildman–Crippen LogP) is 12.6. The molecule has 1 aliphatic rings. The fraction of sp³-hybridized carbons (Fsp3) is 0.0426. The van der Waals surface area contributed by atoms with Crippen LogP contribution in [0.2, 0.25) is 0 Å². The molecule has 5 nitrogen and oxygen atoms in total. The molecule has 52 heavy (non-hydrogen) atoms. The Hall–Kier alpha value is -6.85. The molecule has 10 aromatic rings. The second-order valence-electron chi connectivity index (χ2n) is 13.5. The lowest BCUT2D eigenvalue weighted by molar-refractivity contribution is 0.668. The van der Waals surface area contributed by atoms with Crippen LogP contribution in [-0.4, -0.2) is 15.0 Å². The van der Waals surface area contributed by atoms with Gasteiger partial charge in [0.15, 0.2) is 11.6 Å². The molecule has 3 aromatic heterocycles. The Labute approximate surface area is 298 Å². The topological polar surface area (TPSA) is 65.0 Å². The van der Waals surface area contributed by atoms with Crippen molar-refractivity contribution < 1.29 is 8.83 Å². The highest BCUT2D eigenvalue weighted by molar-refractivity contribution is 6.17. The third kappa shape index (κ3) is 4.46. The molecule has 0 fully saturated rings. The maximum absolute atomic E-state index is 6.61. The van der Waals surface area contributed by atoms with Crippen LogP contribution >= 0.6 is 0 Å². The van der Waals surface area contributed by atoms with Crippen molar-refractivity contribution in [2.24, 2.45) is 0 Å². The summed E-state index contributed by atoms with van der Waals surface area (Å²) in [7, 11) is 0. The van der Waals surface area contributed by atoms with Gasteiger partial charge in [-0.05, 0) is 75.5 Å². The number of allylic oxidation sites excluding steroid dienone is 4. The molecule has 0 amide bonds. The number of hydrogen-bond donors (Lipinski definition) is 0. The zero-order valence-electron chi connectivity index (χ0n) is 28.0. The van der Waals surface area contributed by atoms with Crippen molar-refractivity contribution in [3.63, 3.8) is 0 Å². The smallest absolute Gasteiger partial charge is 0.164 e. The molecule has 1 unspecified atom stereocenters. The van der Waals surface area contributed by atoms with E-state index in [-0.39, 0.29) is 5.92 Å². The first-order chi connectivity index (χ1) is 25.8. The number of para-hydroxylation sites is 2. The van der Waals surface area contributed by atoms with Crippen LogP contribution < -0.4 is 0 Å². The highest BCUT2D eigenvalue weighted by Crippen LogP contribution is 2.43. The van der Waals surface area contributed by atoms with Crippen LogP contribution in [0.1, 0.15) is 18.2 Å². The molecule has 5 heteroatoms. The number of nitrogens with zero attached hydrogens (tertiary/aromatic N) is 3. The van der Waals surface area contributed by atoms with Gasteiger partial charge in [0.25, 0.3) is 0 Å². The number of hydrogen-bond acceptors (Lipinski definition) is 5.